The maximum atomic E-state index is 9.99. The van der Waals surface area contributed by atoms with Crippen LogP contribution in [0.4, 0.5) is 0 Å². The van der Waals surface area contributed by atoms with E-state index in [0.29, 0.717) is 5.41 Å². The molecule has 0 heterocycles. The normalized spacial score (nSPS) is 14.4. The van der Waals surface area contributed by atoms with Gasteiger partial charge in [0, 0.05) is 6.61 Å². The highest BCUT2D eigenvalue weighted by Gasteiger charge is 2.16. The zero-order valence-electron chi connectivity index (χ0n) is 15.2. The van der Waals surface area contributed by atoms with Gasteiger partial charge >= 0.3 is 0 Å². The lowest BCUT2D eigenvalue weighted by Gasteiger charge is -2.22. The van der Waals surface area contributed by atoms with E-state index in [2.05, 4.69) is 34.6 Å². The Morgan fingerprint density at radius 3 is 1.76 bits per heavy atom. The summed E-state index contributed by atoms with van der Waals surface area (Å²) in [7, 11) is 0. The molecule has 2 nitrogen and oxygen atoms in total. The Hall–Kier alpha value is -0.0800. The molecule has 0 rings (SSSR count). The first-order chi connectivity index (χ1) is 9.72. The molecule has 0 radical (unpaired) electrons. The second kappa shape index (κ2) is 10.6. The Morgan fingerprint density at radius 1 is 0.762 bits per heavy atom. The maximum absolute atomic E-state index is 9.99. The quantitative estimate of drug-likeness (QED) is 0.452. The van der Waals surface area contributed by atoms with Crippen LogP contribution in [0.15, 0.2) is 0 Å². The summed E-state index contributed by atoms with van der Waals surface area (Å²) in [6.45, 7) is 11.4. The zero-order chi connectivity index (χ0) is 16.4. The Morgan fingerprint density at radius 2 is 1.24 bits per heavy atom. The monoisotopic (exact) mass is 300 g/mol. The van der Waals surface area contributed by atoms with Crippen molar-refractivity contribution < 1.29 is 10.2 Å². The van der Waals surface area contributed by atoms with Crippen molar-refractivity contribution in [2.24, 2.45) is 10.8 Å². The van der Waals surface area contributed by atoms with Crippen molar-refractivity contribution >= 4 is 0 Å². The summed E-state index contributed by atoms with van der Waals surface area (Å²) in [4.78, 5) is 0. The largest absolute Gasteiger partial charge is 0.396 e. The predicted octanol–water partition coefficient (Wildman–Crippen LogP) is 5.31. The van der Waals surface area contributed by atoms with Crippen molar-refractivity contribution in [2.75, 3.05) is 6.61 Å². The van der Waals surface area contributed by atoms with Gasteiger partial charge in [-0.3, -0.25) is 0 Å². The molecule has 0 aromatic heterocycles. The number of hydrogen-bond donors (Lipinski definition) is 2. The average molecular weight is 301 g/mol. The van der Waals surface area contributed by atoms with Crippen molar-refractivity contribution in [3.8, 4) is 0 Å². The summed E-state index contributed by atoms with van der Waals surface area (Å²) >= 11 is 0. The SMILES string of the molecule is CCC(C)(C)CCCCCC(O)CCCCC(C)(C)CO. The maximum Gasteiger partial charge on any atom is 0.0540 e. The molecule has 0 aliphatic rings. The minimum Gasteiger partial charge on any atom is -0.396 e. The summed E-state index contributed by atoms with van der Waals surface area (Å²) in [5.74, 6) is 0. The van der Waals surface area contributed by atoms with Crippen LogP contribution in [0, 0.1) is 10.8 Å². The van der Waals surface area contributed by atoms with E-state index in [0.717, 1.165) is 38.5 Å². The second-order valence-electron chi connectivity index (χ2n) is 8.34. The van der Waals surface area contributed by atoms with Crippen LogP contribution in [0.2, 0.25) is 0 Å². The van der Waals surface area contributed by atoms with Crippen molar-refractivity contribution in [3.63, 3.8) is 0 Å². The standard InChI is InChI=1S/C19H40O2/c1-6-18(2,3)14-10-7-8-12-17(21)13-9-11-15-19(4,5)16-20/h17,20-21H,6-16H2,1-5H3. The lowest BCUT2D eigenvalue weighted by molar-refractivity contribution is 0.132. The molecule has 1 atom stereocenters. The van der Waals surface area contributed by atoms with Crippen molar-refractivity contribution in [3.05, 3.63) is 0 Å². The molecule has 2 heteroatoms. The van der Waals surface area contributed by atoms with Gasteiger partial charge < -0.3 is 10.2 Å². The summed E-state index contributed by atoms with van der Waals surface area (Å²) in [5, 5.41) is 19.2. The van der Waals surface area contributed by atoms with Gasteiger partial charge in [0.05, 0.1) is 6.10 Å². The Bertz CT molecular complexity index is 246. The Balaban J connectivity index is 3.49. The number of rotatable bonds is 13. The molecule has 0 saturated carbocycles. The van der Waals surface area contributed by atoms with Crippen LogP contribution in [-0.2, 0) is 0 Å². The third kappa shape index (κ3) is 12.2. The molecule has 0 aromatic carbocycles. The fourth-order valence-corrected chi connectivity index (χ4v) is 2.54. The summed E-state index contributed by atoms with van der Waals surface area (Å²) in [6, 6.07) is 0. The van der Waals surface area contributed by atoms with Crippen molar-refractivity contribution in [1.29, 1.82) is 0 Å². The molecule has 0 aromatic rings. The van der Waals surface area contributed by atoms with Gasteiger partial charge in [0.25, 0.3) is 0 Å². The Labute approximate surface area is 133 Å². The first kappa shape index (κ1) is 20.9. The van der Waals surface area contributed by atoms with E-state index in [1.165, 1.54) is 25.7 Å². The third-order valence-electron chi connectivity index (χ3n) is 4.92. The first-order valence-corrected chi connectivity index (χ1v) is 9.01. The van der Waals surface area contributed by atoms with Gasteiger partial charge in [-0.05, 0) is 36.5 Å². The molecule has 128 valence electrons. The molecule has 0 bridgehead atoms. The molecular weight excluding hydrogens is 260 g/mol. The van der Waals surface area contributed by atoms with Crippen molar-refractivity contribution in [2.45, 2.75) is 105 Å². The highest BCUT2D eigenvalue weighted by Crippen LogP contribution is 2.27. The zero-order valence-corrected chi connectivity index (χ0v) is 15.2. The number of aliphatic hydroxyl groups is 2. The van der Waals surface area contributed by atoms with Gasteiger partial charge in [-0.1, -0.05) is 73.1 Å². The molecule has 0 fully saturated rings. The van der Waals surface area contributed by atoms with Gasteiger partial charge in [-0.2, -0.15) is 0 Å². The van der Waals surface area contributed by atoms with Crippen LogP contribution < -0.4 is 0 Å². The van der Waals surface area contributed by atoms with Gasteiger partial charge in [0.1, 0.15) is 0 Å². The Kier molecular flexibility index (Phi) is 10.6. The first-order valence-electron chi connectivity index (χ1n) is 9.01. The average Bonchev–Trinajstić information content (AvgIpc) is 2.43. The van der Waals surface area contributed by atoms with E-state index < -0.39 is 0 Å². The number of unbranched alkanes of at least 4 members (excludes halogenated alkanes) is 3. The van der Waals surface area contributed by atoms with Gasteiger partial charge in [0.2, 0.25) is 0 Å². The van der Waals surface area contributed by atoms with Crippen LogP contribution in [-0.4, -0.2) is 22.9 Å². The molecular formula is C19H40O2. The van der Waals surface area contributed by atoms with Gasteiger partial charge in [-0.25, -0.2) is 0 Å². The van der Waals surface area contributed by atoms with Gasteiger partial charge in [-0.15, -0.1) is 0 Å². The summed E-state index contributed by atoms with van der Waals surface area (Å²) in [6.07, 6.45) is 11.2. The molecule has 0 aliphatic heterocycles. The molecule has 21 heavy (non-hydrogen) atoms. The number of aliphatic hydroxyl groups excluding tert-OH is 2. The molecule has 0 amide bonds. The molecule has 0 aliphatic carbocycles. The lowest BCUT2D eigenvalue weighted by Crippen LogP contribution is -2.16. The summed E-state index contributed by atoms with van der Waals surface area (Å²) < 4.78 is 0. The van der Waals surface area contributed by atoms with Gasteiger partial charge in [0.15, 0.2) is 0 Å². The minimum atomic E-state index is -0.124. The molecule has 0 spiro atoms. The number of hydrogen-bond acceptors (Lipinski definition) is 2. The van der Waals surface area contributed by atoms with Crippen LogP contribution >= 0.6 is 0 Å². The fraction of sp³-hybridized carbons (Fsp3) is 1.00. The van der Waals surface area contributed by atoms with E-state index >= 15 is 0 Å². The van der Waals surface area contributed by atoms with Crippen LogP contribution in [0.1, 0.15) is 98.8 Å². The molecule has 0 saturated heterocycles. The highest BCUT2D eigenvalue weighted by atomic mass is 16.3. The second-order valence-corrected chi connectivity index (χ2v) is 8.34. The van der Waals surface area contributed by atoms with E-state index in [4.69, 9.17) is 0 Å². The molecule has 2 N–H and O–H groups in total. The predicted molar refractivity (Wildman–Crippen MR) is 92.5 cm³/mol. The topological polar surface area (TPSA) is 40.5 Å². The smallest absolute Gasteiger partial charge is 0.0540 e. The van der Waals surface area contributed by atoms with E-state index in [1.807, 2.05) is 0 Å². The minimum absolute atomic E-state index is 0.0387. The summed E-state index contributed by atoms with van der Waals surface area (Å²) in [5.41, 5.74) is 0.523. The van der Waals surface area contributed by atoms with E-state index in [-0.39, 0.29) is 18.1 Å². The van der Waals surface area contributed by atoms with Crippen LogP contribution in [0.5, 0.6) is 0 Å². The van der Waals surface area contributed by atoms with Crippen LogP contribution in [0.3, 0.4) is 0 Å². The van der Waals surface area contributed by atoms with E-state index in [9.17, 15) is 10.2 Å². The van der Waals surface area contributed by atoms with Crippen LogP contribution in [0.25, 0.3) is 0 Å². The van der Waals surface area contributed by atoms with Crippen molar-refractivity contribution in [1.82, 2.24) is 0 Å². The molecule has 1 unspecified atom stereocenters. The third-order valence-corrected chi connectivity index (χ3v) is 4.92. The lowest BCUT2D eigenvalue weighted by atomic mass is 9.84. The fourth-order valence-electron chi connectivity index (χ4n) is 2.54. The van der Waals surface area contributed by atoms with E-state index in [1.54, 1.807) is 0 Å². The highest BCUT2D eigenvalue weighted by molar-refractivity contribution is 4.68.